The van der Waals surface area contributed by atoms with Crippen molar-refractivity contribution >= 4 is 5.91 Å². The number of carbonyl (C=O) groups excluding carboxylic acids is 1. The molecule has 33 heavy (non-hydrogen) atoms. The Kier molecular flexibility index (Phi) is 8.55. The second-order valence-electron chi connectivity index (χ2n) is 7.45. The number of phenolic OH excluding ortho intramolecular Hbond substituents is 1. The summed E-state index contributed by atoms with van der Waals surface area (Å²) < 4.78 is 16.5. The van der Waals surface area contributed by atoms with Crippen molar-refractivity contribution in [3.05, 3.63) is 82.9 Å². The molecule has 0 aliphatic carbocycles. The van der Waals surface area contributed by atoms with Crippen LogP contribution in [0.1, 0.15) is 22.3 Å². The van der Waals surface area contributed by atoms with Crippen molar-refractivity contribution in [3.63, 3.8) is 0 Å². The molecular formula is C26H29NO6. The second-order valence-corrected chi connectivity index (χ2v) is 7.45. The first-order valence-corrected chi connectivity index (χ1v) is 10.6. The van der Waals surface area contributed by atoms with Crippen molar-refractivity contribution in [3.8, 4) is 23.0 Å². The minimum atomic E-state index is -0.335. The van der Waals surface area contributed by atoms with Crippen molar-refractivity contribution in [1.82, 2.24) is 5.32 Å². The number of carbonyl (C=O) groups is 1. The minimum absolute atomic E-state index is 0.0715. The van der Waals surface area contributed by atoms with E-state index in [2.05, 4.69) is 5.32 Å². The molecule has 3 aromatic rings. The van der Waals surface area contributed by atoms with Gasteiger partial charge in [-0.05, 0) is 41.3 Å². The number of aromatic hydroxyl groups is 1. The summed E-state index contributed by atoms with van der Waals surface area (Å²) in [4.78, 5) is 12.4. The van der Waals surface area contributed by atoms with Crippen LogP contribution in [-0.2, 0) is 30.8 Å². The predicted octanol–water partition coefficient (Wildman–Crippen LogP) is 3.38. The molecule has 0 heterocycles. The molecule has 0 spiro atoms. The van der Waals surface area contributed by atoms with Crippen molar-refractivity contribution in [2.75, 3.05) is 20.8 Å². The number of nitrogens with one attached hydrogen (secondary N) is 1. The lowest BCUT2D eigenvalue weighted by Crippen LogP contribution is -2.27. The molecular weight excluding hydrogens is 422 g/mol. The summed E-state index contributed by atoms with van der Waals surface area (Å²) in [5.41, 5.74) is 3.08. The highest BCUT2D eigenvalue weighted by atomic mass is 16.5. The molecule has 0 bridgehead atoms. The third-order valence-electron chi connectivity index (χ3n) is 5.25. The van der Waals surface area contributed by atoms with E-state index in [1.165, 1.54) is 13.2 Å². The average molecular weight is 452 g/mol. The van der Waals surface area contributed by atoms with Crippen molar-refractivity contribution in [1.29, 1.82) is 0 Å². The van der Waals surface area contributed by atoms with Gasteiger partial charge in [-0.25, -0.2) is 0 Å². The summed E-state index contributed by atoms with van der Waals surface area (Å²) in [6.07, 6.45) is 0.689. The fourth-order valence-corrected chi connectivity index (χ4v) is 3.53. The van der Waals surface area contributed by atoms with Gasteiger partial charge in [0.2, 0.25) is 5.91 Å². The molecule has 7 nitrogen and oxygen atoms in total. The summed E-state index contributed by atoms with van der Waals surface area (Å²) in [5.74, 6) is 1.22. The molecule has 7 heteroatoms. The van der Waals surface area contributed by atoms with Crippen LogP contribution in [0.15, 0.2) is 60.7 Å². The van der Waals surface area contributed by atoms with Crippen LogP contribution in [0.3, 0.4) is 0 Å². The Hall–Kier alpha value is -3.71. The Morgan fingerprint density at radius 1 is 0.939 bits per heavy atom. The number of rotatable bonds is 11. The lowest BCUT2D eigenvalue weighted by molar-refractivity contribution is -0.120. The Morgan fingerprint density at radius 2 is 1.73 bits per heavy atom. The molecule has 0 aliphatic rings. The number of phenols is 1. The fraction of sp³-hybridized carbons (Fsp3) is 0.269. The van der Waals surface area contributed by atoms with Crippen molar-refractivity contribution in [2.24, 2.45) is 0 Å². The van der Waals surface area contributed by atoms with Gasteiger partial charge in [0.25, 0.3) is 0 Å². The standard InChI is InChI=1S/C26H29NO6/c1-31-24-14-18(8-11-23(24)33-17-19-6-4-3-5-7-19)12-13-27-25(30)15-20-9-10-22(29)26(32-2)21(20)16-28/h3-11,14,28-29H,12-13,15-17H2,1-2H3,(H,27,30). The SMILES string of the molecule is COc1cc(CCNC(=O)Cc2ccc(O)c(OC)c2CO)ccc1OCc1ccccc1. The quantitative estimate of drug-likeness (QED) is 0.414. The lowest BCUT2D eigenvalue weighted by Gasteiger charge is -2.14. The number of amides is 1. The number of aliphatic hydroxyl groups is 1. The molecule has 0 radical (unpaired) electrons. The van der Waals surface area contributed by atoms with E-state index in [0.29, 0.717) is 42.2 Å². The molecule has 0 aromatic heterocycles. The molecule has 0 fully saturated rings. The van der Waals surface area contributed by atoms with Crippen LogP contribution < -0.4 is 19.5 Å². The van der Waals surface area contributed by atoms with Gasteiger partial charge in [-0.1, -0.05) is 42.5 Å². The Balaban J connectivity index is 1.54. The first-order chi connectivity index (χ1) is 16.0. The van der Waals surface area contributed by atoms with Gasteiger partial charge < -0.3 is 29.7 Å². The van der Waals surface area contributed by atoms with Crippen LogP contribution in [0.2, 0.25) is 0 Å². The van der Waals surface area contributed by atoms with Crippen LogP contribution in [-0.4, -0.2) is 36.9 Å². The van der Waals surface area contributed by atoms with Crippen molar-refractivity contribution in [2.45, 2.75) is 26.1 Å². The van der Waals surface area contributed by atoms with Gasteiger partial charge in [0.1, 0.15) is 6.61 Å². The second kappa shape index (κ2) is 11.8. The molecule has 3 aromatic carbocycles. The third-order valence-corrected chi connectivity index (χ3v) is 5.25. The van der Waals surface area contributed by atoms with Crippen LogP contribution >= 0.6 is 0 Å². The molecule has 0 saturated carbocycles. The largest absolute Gasteiger partial charge is 0.504 e. The van der Waals surface area contributed by atoms with E-state index < -0.39 is 0 Å². The molecule has 0 aliphatic heterocycles. The molecule has 1 amide bonds. The molecule has 0 atom stereocenters. The maximum absolute atomic E-state index is 12.4. The van der Waals surface area contributed by atoms with Crippen molar-refractivity contribution < 1.29 is 29.2 Å². The summed E-state index contributed by atoms with van der Waals surface area (Å²) >= 11 is 0. The maximum Gasteiger partial charge on any atom is 0.224 e. The van der Waals surface area contributed by atoms with Gasteiger partial charge in [-0.3, -0.25) is 4.79 Å². The summed E-state index contributed by atoms with van der Waals surface area (Å²) in [5, 5.41) is 22.4. The molecule has 3 rings (SSSR count). The van der Waals surface area contributed by atoms with Gasteiger partial charge in [-0.15, -0.1) is 0 Å². The van der Waals surface area contributed by atoms with E-state index in [9.17, 15) is 15.0 Å². The van der Waals surface area contributed by atoms with E-state index in [-0.39, 0.29) is 30.4 Å². The Morgan fingerprint density at radius 3 is 2.42 bits per heavy atom. The molecule has 0 saturated heterocycles. The summed E-state index contributed by atoms with van der Waals surface area (Å²) in [6, 6.07) is 18.7. The maximum atomic E-state index is 12.4. The molecule has 174 valence electrons. The van der Waals surface area contributed by atoms with Crippen LogP contribution in [0.4, 0.5) is 0 Å². The van der Waals surface area contributed by atoms with E-state index in [1.54, 1.807) is 13.2 Å². The highest BCUT2D eigenvalue weighted by Gasteiger charge is 2.15. The highest BCUT2D eigenvalue weighted by molar-refractivity contribution is 5.79. The van der Waals surface area contributed by atoms with Gasteiger partial charge >= 0.3 is 0 Å². The van der Waals surface area contributed by atoms with E-state index in [1.807, 2.05) is 48.5 Å². The monoisotopic (exact) mass is 451 g/mol. The van der Waals surface area contributed by atoms with E-state index in [4.69, 9.17) is 14.2 Å². The summed E-state index contributed by atoms with van der Waals surface area (Å²) in [6.45, 7) is 0.555. The predicted molar refractivity (Wildman–Crippen MR) is 125 cm³/mol. The van der Waals surface area contributed by atoms with Crippen LogP contribution in [0, 0.1) is 0 Å². The van der Waals surface area contributed by atoms with Gasteiger partial charge in [0.15, 0.2) is 23.0 Å². The first kappa shape index (κ1) is 23.9. The average Bonchev–Trinajstić information content (AvgIpc) is 2.84. The fourth-order valence-electron chi connectivity index (χ4n) is 3.53. The first-order valence-electron chi connectivity index (χ1n) is 10.6. The number of benzene rings is 3. The van der Waals surface area contributed by atoms with Gasteiger partial charge in [0, 0.05) is 12.1 Å². The normalized spacial score (nSPS) is 10.5. The van der Waals surface area contributed by atoms with Gasteiger partial charge in [0.05, 0.1) is 27.2 Å². The van der Waals surface area contributed by atoms with E-state index >= 15 is 0 Å². The smallest absolute Gasteiger partial charge is 0.224 e. The lowest BCUT2D eigenvalue weighted by atomic mass is 10.0. The Bertz CT molecular complexity index is 1070. The zero-order chi connectivity index (χ0) is 23.6. The Labute approximate surface area is 193 Å². The zero-order valence-corrected chi connectivity index (χ0v) is 18.8. The number of hydrogen-bond donors (Lipinski definition) is 3. The van der Waals surface area contributed by atoms with Crippen LogP contribution in [0.25, 0.3) is 0 Å². The number of hydrogen-bond acceptors (Lipinski definition) is 6. The number of methoxy groups -OCH3 is 2. The molecule has 3 N–H and O–H groups in total. The third kappa shape index (κ3) is 6.40. The highest BCUT2D eigenvalue weighted by Crippen LogP contribution is 2.33. The number of ether oxygens (including phenoxy) is 3. The minimum Gasteiger partial charge on any atom is -0.504 e. The summed E-state index contributed by atoms with van der Waals surface area (Å²) in [7, 11) is 3.01. The zero-order valence-electron chi connectivity index (χ0n) is 18.8. The van der Waals surface area contributed by atoms with Crippen LogP contribution in [0.5, 0.6) is 23.0 Å². The van der Waals surface area contributed by atoms with Gasteiger partial charge in [-0.2, -0.15) is 0 Å². The topological polar surface area (TPSA) is 97.3 Å². The number of aliphatic hydroxyl groups excluding tert-OH is 1. The molecule has 0 unspecified atom stereocenters. The van der Waals surface area contributed by atoms with E-state index in [0.717, 1.165) is 11.1 Å².